The summed E-state index contributed by atoms with van der Waals surface area (Å²) in [6.07, 6.45) is 0. The lowest BCUT2D eigenvalue weighted by molar-refractivity contribution is 0.0487. The van der Waals surface area contributed by atoms with Crippen LogP contribution >= 0.6 is 11.3 Å². The summed E-state index contributed by atoms with van der Waals surface area (Å²) in [6.45, 7) is 4.04. The van der Waals surface area contributed by atoms with Gasteiger partial charge in [0.2, 0.25) is 0 Å². The van der Waals surface area contributed by atoms with E-state index in [-0.39, 0.29) is 22.8 Å². The minimum absolute atomic E-state index is 0.0725. The Kier molecular flexibility index (Phi) is 4.24. The summed E-state index contributed by atoms with van der Waals surface area (Å²) < 4.78 is 6.63. The number of rotatable bonds is 4. The predicted octanol–water partition coefficient (Wildman–Crippen LogP) is 2.09. The van der Waals surface area contributed by atoms with E-state index in [1.165, 1.54) is 12.1 Å². The molecule has 0 spiro atoms. The maximum atomic E-state index is 11.8. The molecule has 2 rings (SSSR count). The predicted molar refractivity (Wildman–Crippen MR) is 76.4 cm³/mol. The van der Waals surface area contributed by atoms with E-state index >= 15 is 0 Å². The van der Waals surface area contributed by atoms with Crippen LogP contribution in [0.1, 0.15) is 21.6 Å². The van der Waals surface area contributed by atoms with Gasteiger partial charge in [-0.05, 0) is 31.5 Å². The molecule has 0 unspecified atom stereocenters. The monoisotopic (exact) mass is 293 g/mol. The molecule has 1 aromatic heterocycles. The third-order valence-corrected chi connectivity index (χ3v) is 3.78. The van der Waals surface area contributed by atoms with E-state index in [2.05, 4.69) is 0 Å². The maximum absolute atomic E-state index is 11.8. The van der Waals surface area contributed by atoms with Crippen molar-refractivity contribution in [3.05, 3.63) is 50.1 Å². The molecule has 0 bridgehead atoms. The average molecular weight is 293 g/mol. The highest BCUT2D eigenvalue weighted by Crippen LogP contribution is 2.19. The van der Waals surface area contributed by atoms with E-state index in [4.69, 9.17) is 4.74 Å². The first-order chi connectivity index (χ1) is 9.49. The third kappa shape index (κ3) is 3.08. The Hall–Kier alpha value is -2.08. The number of hydrogen-bond donors (Lipinski definition) is 1. The average Bonchev–Trinajstić information content (AvgIpc) is 2.70. The first-order valence-electron chi connectivity index (χ1n) is 6.10. The zero-order valence-electron chi connectivity index (χ0n) is 11.3. The minimum Gasteiger partial charge on any atom is -0.507 e. The first-order valence-corrected chi connectivity index (χ1v) is 6.98. The second-order valence-corrected chi connectivity index (χ2v) is 5.27. The third-order valence-electron chi connectivity index (χ3n) is 2.90. The molecule has 0 saturated heterocycles. The Labute approximate surface area is 120 Å². The smallest absolute Gasteiger partial charge is 0.341 e. The summed E-state index contributed by atoms with van der Waals surface area (Å²) in [7, 11) is 0. The van der Waals surface area contributed by atoms with Gasteiger partial charge in [-0.25, -0.2) is 4.79 Å². The molecule has 6 heteroatoms. The first kappa shape index (κ1) is 14.3. The van der Waals surface area contributed by atoms with Gasteiger partial charge in [-0.3, -0.25) is 9.36 Å². The van der Waals surface area contributed by atoms with Gasteiger partial charge in [0, 0.05) is 11.1 Å². The number of thiazole rings is 1. The topological polar surface area (TPSA) is 68.5 Å². The van der Waals surface area contributed by atoms with Gasteiger partial charge in [0.15, 0.2) is 0 Å². The lowest BCUT2D eigenvalue weighted by atomic mass is 10.1. The van der Waals surface area contributed by atoms with Crippen molar-refractivity contribution in [3.8, 4) is 5.75 Å². The van der Waals surface area contributed by atoms with Crippen molar-refractivity contribution < 1.29 is 14.6 Å². The summed E-state index contributed by atoms with van der Waals surface area (Å²) in [6, 6.07) is 4.75. The number of hydrogen-bond acceptors (Lipinski definition) is 5. The maximum Gasteiger partial charge on any atom is 0.341 e. The quantitative estimate of drug-likeness (QED) is 0.876. The van der Waals surface area contributed by atoms with Crippen LogP contribution in [-0.2, 0) is 11.3 Å². The number of phenols is 1. The number of phenolic OH excluding ortho intramolecular Hbond substituents is 1. The van der Waals surface area contributed by atoms with Gasteiger partial charge in [-0.1, -0.05) is 17.4 Å². The van der Waals surface area contributed by atoms with Gasteiger partial charge in [-0.15, -0.1) is 0 Å². The molecular weight excluding hydrogens is 278 g/mol. The number of carbonyl (C=O) groups excluding carboxylic acids is 1. The molecule has 0 atom stereocenters. The molecule has 5 nitrogen and oxygen atoms in total. The number of carbonyl (C=O) groups is 1. The van der Waals surface area contributed by atoms with Crippen LogP contribution in [-0.4, -0.2) is 22.2 Å². The lowest BCUT2D eigenvalue weighted by Crippen LogP contribution is -2.19. The van der Waals surface area contributed by atoms with Crippen molar-refractivity contribution in [1.29, 1.82) is 0 Å². The highest BCUT2D eigenvalue weighted by Gasteiger charge is 2.12. The van der Waals surface area contributed by atoms with E-state index < -0.39 is 5.97 Å². The Morgan fingerprint density at radius 1 is 1.40 bits per heavy atom. The Morgan fingerprint density at radius 2 is 2.15 bits per heavy atom. The van der Waals surface area contributed by atoms with E-state index in [0.717, 1.165) is 22.6 Å². The highest BCUT2D eigenvalue weighted by molar-refractivity contribution is 7.07. The van der Waals surface area contributed by atoms with Crippen LogP contribution in [0.15, 0.2) is 28.4 Å². The molecule has 106 valence electrons. The van der Waals surface area contributed by atoms with Crippen molar-refractivity contribution in [2.24, 2.45) is 0 Å². The van der Waals surface area contributed by atoms with Crippen LogP contribution in [0.5, 0.6) is 5.75 Å². The molecule has 0 amide bonds. The van der Waals surface area contributed by atoms with Crippen LogP contribution in [0.25, 0.3) is 0 Å². The molecule has 1 N–H and O–H groups in total. The number of benzene rings is 1. The fourth-order valence-corrected chi connectivity index (χ4v) is 2.56. The van der Waals surface area contributed by atoms with Gasteiger partial charge in [0.25, 0.3) is 0 Å². The van der Waals surface area contributed by atoms with Gasteiger partial charge in [0.1, 0.15) is 17.9 Å². The van der Waals surface area contributed by atoms with Crippen LogP contribution in [0.2, 0.25) is 0 Å². The van der Waals surface area contributed by atoms with E-state index in [1.54, 1.807) is 16.0 Å². The van der Waals surface area contributed by atoms with E-state index in [0.29, 0.717) is 6.54 Å². The highest BCUT2D eigenvalue weighted by atomic mass is 32.1. The van der Waals surface area contributed by atoms with Crippen molar-refractivity contribution >= 4 is 17.3 Å². The number of ether oxygens (including phenoxy) is 1. The van der Waals surface area contributed by atoms with Gasteiger partial charge in [-0.2, -0.15) is 0 Å². The van der Waals surface area contributed by atoms with Crippen molar-refractivity contribution in [2.75, 3.05) is 6.61 Å². The van der Waals surface area contributed by atoms with Gasteiger partial charge < -0.3 is 9.84 Å². The van der Waals surface area contributed by atoms with Gasteiger partial charge >= 0.3 is 10.8 Å². The van der Waals surface area contributed by atoms with Crippen LogP contribution in [0.3, 0.4) is 0 Å². The molecular formula is C14H15NO4S. The standard InChI is InChI=1S/C14H15NO4S/c1-9-3-4-11(12(16)7-9)13(17)19-6-5-15-10(2)8-20-14(15)18/h3-4,7-8,16H,5-6H2,1-2H3. The molecule has 0 radical (unpaired) electrons. The van der Waals surface area contributed by atoms with E-state index in [9.17, 15) is 14.7 Å². The summed E-state index contributed by atoms with van der Waals surface area (Å²) in [4.78, 5) is 23.2. The Morgan fingerprint density at radius 3 is 2.75 bits per heavy atom. The Bertz CT molecular complexity index is 687. The van der Waals surface area contributed by atoms with Crippen LogP contribution in [0.4, 0.5) is 0 Å². The number of aromatic hydroxyl groups is 1. The summed E-state index contributed by atoms with van der Waals surface area (Å²) in [5.74, 6) is -0.692. The molecule has 0 aliphatic heterocycles. The molecule has 1 aromatic carbocycles. The fraction of sp³-hybridized carbons (Fsp3) is 0.286. The van der Waals surface area contributed by atoms with Gasteiger partial charge in [0.05, 0.1) is 6.54 Å². The summed E-state index contributed by atoms with van der Waals surface area (Å²) in [5.41, 5.74) is 1.83. The Balaban J connectivity index is 1.97. The number of esters is 1. The second-order valence-electron chi connectivity index (χ2n) is 4.45. The molecule has 1 heterocycles. The zero-order valence-corrected chi connectivity index (χ0v) is 12.1. The van der Waals surface area contributed by atoms with Crippen molar-refractivity contribution in [1.82, 2.24) is 4.57 Å². The van der Waals surface area contributed by atoms with Crippen LogP contribution < -0.4 is 4.87 Å². The van der Waals surface area contributed by atoms with Crippen LogP contribution in [0, 0.1) is 13.8 Å². The largest absolute Gasteiger partial charge is 0.507 e. The second kappa shape index (κ2) is 5.92. The van der Waals surface area contributed by atoms with E-state index in [1.807, 2.05) is 13.8 Å². The van der Waals surface area contributed by atoms with Crippen molar-refractivity contribution in [2.45, 2.75) is 20.4 Å². The molecule has 0 fully saturated rings. The molecule has 0 saturated carbocycles. The SMILES string of the molecule is Cc1ccc(C(=O)OCCn2c(C)csc2=O)c(O)c1. The number of aryl methyl sites for hydroxylation is 2. The zero-order chi connectivity index (χ0) is 14.7. The number of nitrogens with zero attached hydrogens (tertiary/aromatic N) is 1. The summed E-state index contributed by atoms with van der Waals surface area (Å²) in [5, 5.41) is 11.4. The molecule has 0 aliphatic carbocycles. The van der Waals surface area contributed by atoms with Crippen molar-refractivity contribution in [3.63, 3.8) is 0 Å². The molecule has 0 aliphatic rings. The normalized spacial score (nSPS) is 10.5. The summed E-state index contributed by atoms with van der Waals surface area (Å²) >= 11 is 1.12. The fourth-order valence-electron chi connectivity index (χ4n) is 1.80. The lowest BCUT2D eigenvalue weighted by Gasteiger charge is -2.08. The molecule has 2 aromatic rings. The minimum atomic E-state index is -0.594. The molecule has 20 heavy (non-hydrogen) atoms. The number of aromatic nitrogens is 1.